The number of anilines is 1. The highest BCUT2D eigenvalue weighted by molar-refractivity contribution is 8.01. The van der Waals surface area contributed by atoms with Crippen LogP contribution in [0.15, 0.2) is 44.5 Å². The Morgan fingerprint density at radius 2 is 2.15 bits per heavy atom. The molecule has 1 unspecified atom stereocenters. The van der Waals surface area contributed by atoms with Crippen molar-refractivity contribution in [2.75, 3.05) is 17.2 Å². The third kappa shape index (κ3) is 5.76. The zero-order valence-electron chi connectivity index (χ0n) is 20.7. The topological polar surface area (TPSA) is 228 Å². The number of nitrogens with one attached hydrogen (secondary N) is 1. The summed E-state index contributed by atoms with van der Waals surface area (Å²) in [6, 6.07) is 2.11. The number of aryl methyl sites for hydroxylation is 1. The molecule has 5 rings (SSSR count). The highest BCUT2D eigenvalue weighted by Crippen LogP contribution is 2.41. The number of aromatic nitrogens is 5. The van der Waals surface area contributed by atoms with Gasteiger partial charge in [0.1, 0.15) is 22.8 Å². The lowest BCUT2D eigenvalue weighted by atomic mass is 10.0. The van der Waals surface area contributed by atoms with Gasteiger partial charge < -0.3 is 26.1 Å². The molecule has 3 aromatic rings. The number of hydrogen-bond donors (Lipinski definition) is 4. The molecule has 3 aromatic heterocycles. The van der Waals surface area contributed by atoms with Crippen LogP contribution in [0.3, 0.4) is 0 Å². The van der Waals surface area contributed by atoms with Gasteiger partial charge in [0.15, 0.2) is 10.8 Å². The molecule has 41 heavy (non-hydrogen) atoms. The lowest BCUT2D eigenvalue weighted by molar-refractivity contribution is -0.151. The van der Waals surface area contributed by atoms with Crippen LogP contribution in [0.1, 0.15) is 16.7 Å². The summed E-state index contributed by atoms with van der Waals surface area (Å²) in [5.74, 6) is -3.58. The van der Waals surface area contributed by atoms with Crippen molar-refractivity contribution in [2.24, 2.45) is 12.2 Å². The van der Waals surface area contributed by atoms with E-state index >= 15 is 0 Å². The molecule has 0 saturated carbocycles. The normalized spacial score (nSPS) is 19.4. The molecule has 2 aliphatic rings. The van der Waals surface area contributed by atoms with E-state index in [0.29, 0.717) is 15.6 Å². The van der Waals surface area contributed by atoms with Crippen molar-refractivity contribution in [1.29, 1.82) is 0 Å². The number of carboxylic acid groups (broad SMARTS) is 2. The molecule has 2 amide bonds. The van der Waals surface area contributed by atoms with Crippen LogP contribution in [0.2, 0.25) is 0 Å². The molecule has 5 heterocycles. The van der Waals surface area contributed by atoms with Crippen LogP contribution in [-0.4, -0.2) is 92.7 Å². The Hall–Kier alpha value is -4.01. The first kappa shape index (κ1) is 28.5. The number of thiophene rings is 1. The third-order valence-electron chi connectivity index (χ3n) is 5.75. The van der Waals surface area contributed by atoms with Crippen LogP contribution >= 0.6 is 46.2 Å². The van der Waals surface area contributed by atoms with Gasteiger partial charge in [-0.25, -0.2) is 19.3 Å². The number of amides is 2. The number of nitrogen functional groups attached to an aromatic ring is 1. The monoisotopic (exact) mass is 637 g/mol. The van der Waals surface area contributed by atoms with E-state index < -0.39 is 47.0 Å². The fourth-order valence-electron chi connectivity index (χ4n) is 3.86. The second-order valence-electron chi connectivity index (χ2n) is 8.34. The van der Waals surface area contributed by atoms with Gasteiger partial charge in [-0.2, -0.15) is 0 Å². The highest BCUT2D eigenvalue weighted by atomic mass is 32.2. The minimum Gasteiger partial charge on any atom is -0.478 e. The van der Waals surface area contributed by atoms with E-state index in [0.717, 1.165) is 27.6 Å². The minimum atomic E-state index is -1.49. The minimum absolute atomic E-state index is 0.0175. The van der Waals surface area contributed by atoms with E-state index in [-0.39, 0.29) is 28.0 Å². The SMILES string of the molecule is Cn1nnnc1SCC1=C(C(=O)O)N2C(=O)[C@@H](NC(=O)/C(=N\OC(C(=O)O)c3cccs3)c3csc(N)n3)[C@H]2SC1. The fraction of sp³-hybridized carbons (Fsp3) is 0.286. The first-order chi connectivity index (χ1) is 19.7. The van der Waals surface area contributed by atoms with E-state index in [2.05, 4.69) is 31.0 Å². The van der Waals surface area contributed by atoms with E-state index in [1.54, 1.807) is 24.6 Å². The number of hydrogen-bond acceptors (Lipinski definition) is 15. The molecule has 3 atom stereocenters. The Morgan fingerprint density at radius 1 is 1.34 bits per heavy atom. The molecule has 0 aliphatic carbocycles. The average molecular weight is 638 g/mol. The Bertz CT molecular complexity index is 1570. The number of β-lactam (4-membered cyclic amide) rings is 1. The van der Waals surface area contributed by atoms with Gasteiger partial charge in [0.2, 0.25) is 5.16 Å². The molecule has 16 nitrogen and oxygen atoms in total. The molecule has 2 aliphatic heterocycles. The summed E-state index contributed by atoms with van der Waals surface area (Å²) in [6.07, 6.45) is -1.49. The lowest BCUT2D eigenvalue weighted by Crippen LogP contribution is -2.71. The van der Waals surface area contributed by atoms with E-state index in [1.807, 2.05) is 0 Å². The van der Waals surface area contributed by atoms with Crippen molar-refractivity contribution in [3.8, 4) is 0 Å². The lowest BCUT2D eigenvalue weighted by Gasteiger charge is -2.49. The van der Waals surface area contributed by atoms with Crippen molar-refractivity contribution in [1.82, 2.24) is 35.4 Å². The highest BCUT2D eigenvalue weighted by Gasteiger charge is 2.54. The number of nitrogens with two attached hydrogens (primary N) is 1. The number of carboxylic acids is 2. The van der Waals surface area contributed by atoms with Crippen LogP contribution in [-0.2, 0) is 31.1 Å². The van der Waals surface area contributed by atoms with Gasteiger partial charge in [-0.15, -0.1) is 39.5 Å². The number of carbonyl (C=O) groups is 4. The summed E-state index contributed by atoms with van der Waals surface area (Å²) < 4.78 is 1.45. The predicted octanol–water partition coefficient (Wildman–Crippen LogP) is 0.388. The molecule has 1 fully saturated rings. The van der Waals surface area contributed by atoms with Crippen molar-refractivity contribution >= 4 is 80.8 Å². The molecular formula is C21H19N9O7S4. The number of tetrazole rings is 1. The van der Waals surface area contributed by atoms with Crippen LogP contribution in [0.25, 0.3) is 0 Å². The molecule has 1 saturated heterocycles. The number of carbonyl (C=O) groups excluding carboxylic acids is 2. The maximum Gasteiger partial charge on any atom is 0.353 e. The van der Waals surface area contributed by atoms with Gasteiger partial charge in [-0.05, 0) is 27.4 Å². The molecule has 0 bridgehead atoms. The Kier molecular flexibility index (Phi) is 8.24. The predicted molar refractivity (Wildman–Crippen MR) is 148 cm³/mol. The summed E-state index contributed by atoms with van der Waals surface area (Å²) in [5, 5.41) is 40.0. The quantitative estimate of drug-likeness (QED) is 0.0965. The van der Waals surface area contributed by atoms with Crippen molar-refractivity contribution in [3.05, 3.63) is 44.7 Å². The molecule has 214 valence electrons. The average Bonchev–Trinajstić information content (AvgIpc) is 3.70. The summed E-state index contributed by atoms with van der Waals surface area (Å²) in [7, 11) is 1.65. The standard InChI is InChI=1S/C21H19N9O7S4/c1-29-21(25-27-28-29)41-6-8-5-39-17-12(16(32)30(17)13(8)18(33)34)24-15(31)11(9-7-40-20(22)23-9)26-37-14(19(35)36)10-3-2-4-38-10/h2-4,7,12,14,17H,5-6H2,1H3,(H2,22,23)(H,24,31)(H,33,34)(H,35,36)/b26-11-/t12-,14?,17-/m1/s1. The van der Waals surface area contributed by atoms with Crippen molar-refractivity contribution in [3.63, 3.8) is 0 Å². The summed E-state index contributed by atoms with van der Waals surface area (Å²) in [5.41, 5.74) is 5.69. The third-order valence-corrected chi connectivity index (χ3v) is 9.77. The molecule has 0 aromatic carbocycles. The van der Waals surface area contributed by atoms with Crippen LogP contribution in [0.4, 0.5) is 5.13 Å². The second kappa shape index (κ2) is 11.8. The zero-order valence-corrected chi connectivity index (χ0v) is 24.0. The van der Waals surface area contributed by atoms with E-state index in [4.69, 9.17) is 10.6 Å². The van der Waals surface area contributed by atoms with Gasteiger partial charge in [0, 0.05) is 23.9 Å². The summed E-state index contributed by atoms with van der Waals surface area (Å²) >= 11 is 4.68. The van der Waals surface area contributed by atoms with Crippen molar-refractivity contribution < 1.29 is 34.2 Å². The summed E-state index contributed by atoms with van der Waals surface area (Å²) in [6.45, 7) is 0. The largest absolute Gasteiger partial charge is 0.478 e. The number of thioether (sulfide) groups is 2. The zero-order chi connectivity index (χ0) is 29.3. The molecular weight excluding hydrogens is 619 g/mol. The molecule has 0 radical (unpaired) electrons. The Morgan fingerprint density at radius 3 is 2.76 bits per heavy atom. The molecule has 0 spiro atoms. The fourth-order valence-corrected chi connectivity index (χ4v) is 7.49. The number of rotatable bonds is 11. The summed E-state index contributed by atoms with van der Waals surface area (Å²) in [4.78, 5) is 61.1. The number of nitrogens with zero attached hydrogens (tertiary/aromatic N) is 7. The van der Waals surface area contributed by atoms with Crippen LogP contribution in [0, 0.1) is 0 Å². The first-order valence-electron chi connectivity index (χ1n) is 11.4. The van der Waals surface area contributed by atoms with Crippen LogP contribution in [0.5, 0.6) is 0 Å². The van der Waals surface area contributed by atoms with Crippen molar-refractivity contribution in [2.45, 2.75) is 22.7 Å². The van der Waals surface area contributed by atoms with E-state index in [9.17, 15) is 29.4 Å². The first-order valence-corrected chi connectivity index (χ1v) is 15.2. The van der Waals surface area contributed by atoms with Gasteiger partial charge in [0.05, 0.1) is 4.88 Å². The Balaban J connectivity index is 1.34. The van der Waals surface area contributed by atoms with Crippen LogP contribution < -0.4 is 11.1 Å². The van der Waals surface area contributed by atoms with Gasteiger partial charge in [0.25, 0.3) is 17.9 Å². The maximum atomic E-state index is 13.3. The van der Waals surface area contributed by atoms with Gasteiger partial charge in [-0.1, -0.05) is 23.0 Å². The van der Waals surface area contributed by atoms with E-state index in [1.165, 1.54) is 33.6 Å². The molecule has 20 heteroatoms. The number of aliphatic carboxylic acids is 2. The Labute approximate surface area is 246 Å². The number of oxime groups is 1. The number of thiazole rings is 1. The smallest absolute Gasteiger partial charge is 0.353 e. The number of fused-ring (bicyclic) bond motifs is 1. The van der Waals surface area contributed by atoms with Gasteiger partial charge in [-0.3, -0.25) is 14.5 Å². The van der Waals surface area contributed by atoms with Gasteiger partial charge >= 0.3 is 11.9 Å². The second-order valence-corrected chi connectivity index (χ2v) is 12.3. The molecule has 5 N–H and O–H groups in total. The maximum absolute atomic E-state index is 13.3.